The Hall–Kier alpha value is -6.64. The number of anilines is 6. The molecule has 0 bridgehead atoms. The molecule has 0 radical (unpaired) electrons. The zero-order chi connectivity index (χ0) is 45.3. The number of fused-ring (bicyclic) bond motifs is 10. The van der Waals surface area contributed by atoms with Gasteiger partial charge in [-0.05, 0) is 162 Å². The summed E-state index contributed by atoms with van der Waals surface area (Å²) < 4.78 is 0. The molecule has 0 fully saturated rings. The van der Waals surface area contributed by atoms with E-state index in [1.807, 2.05) is 0 Å². The summed E-state index contributed by atoms with van der Waals surface area (Å²) in [5.41, 5.74) is 17.5. The molecule has 10 rings (SSSR count). The predicted octanol–water partition coefficient (Wildman–Crippen LogP) is 18.9. The van der Waals surface area contributed by atoms with Crippen LogP contribution in [-0.4, -0.2) is 0 Å². The van der Waals surface area contributed by atoms with Crippen LogP contribution in [0.4, 0.5) is 34.1 Å². The fourth-order valence-electron chi connectivity index (χ4n) is 10.7. The third-order valence-electron chi connectivity index (χ3n) is 14.3. The van der Waals surface area contributed by atoms with Crippen molar-refractivity contribution in [2.75, 3.05) is 9.80 Å². The number of benzene rings is 9. The van der Waals surface area contributed by atoms with Gasteiger partial charge in [0.05, 0.1) is 5.69 Å². The van der Waals surface area contributed by atoms with E-state index in [9.17, 15) is 0 Å². The Balaban J connectivity index is 1.22. The maximum Gasteiger partial charge on any atom is 0.0546 e. The zero-order valence-electron chi connectivity index (χ0n) is 39.9. The molecule has 0 N–H and O–H groups in total. The van der Waals surface area contributed by atoms with Crippen molar-refractivity contribution in [3.8, 4) is 11.1 Å². The summed E-state index contributed by atoms with van der Waals surface area (Å²) in [4.78, 5) is 4.93. The van der Waals surface area contributed by atoms with Crippen molar-refractivity contribution in [2.45, 2.75) is 98.3 Å². The maximum absolute atomic E-state index is 2.52. The Bertz CT molecular complexity index is 3100. The van der Waals surface area contributed by atoms with Crippen molar-refractivity contribution in [1.29, 1.82) is 0 Å². The molecule has 0 amide bonds. The largest absolute Gasteiger partial charge is 0.310 e. The van der Waals surface area contributed by atoms with Crippen molar-refractivity contribution >= 4 is 66.4 Å². The number of hydrogen-bond acceptors (Lipinski definition) is 2. The molecule has 1 aliphatic rings. The molecule has 0 spiro atoms. The molecule has 0 heterocycles. The lowest BCUT2D eigenvalue weighted by Gasteiger charge is -2.30. The lowest BCUT2D eigenvalue weighted by molar-refractivity contribution is 0.672. The van der Waals surface area contributed by atoms with Gasteiger partial charge in [-0.3, -0.25) is 0 Å². The summed E-state index contributed by atoms with van der Waals surface area (Å²) in [5.74, 6) is 1.84. The monoisotopic (exact) mass is 846 g/mol. The molecule has 0 saturated heterocycles. The van der Waals surface area contributed by atoms with Crippen LogP contribution in [0.5, 0.6) is 0 Å². The average Bonchev–Trinajstić information content (AvgIpc) is 3.56. The summed E-state index contributed by atoms with van der Waals surface area (Å²) in [6.07, 6.45) is 0. The first-order valence-corrected chi connectivity index (χ1v) is 23.9. The highest BCUT2D eigenvalue weighted by Gasteiger charge is 2.41. The average molecular weight is 847 g/mol. The van der Waals surface area contributed by atoms with Crippen LogP contribution in [0.25, 0.3) is 43.4 Å². The van der Waals surface area contributed by atoms with E-state index in [4.69, 9.17) is 0 Å². The van der Waals surface area contributed by atoms with Gasteiger partial charge in [0.2, 0.25) is 0 Å². The molecule has 65 heavy (non-hydrogen) atoms. The molecule has 0 unspecified atom stereocenters. The molecule has 324 valence electrons. The predicted molar refractivity (Wildman–Crippen MR) is 282 cm³/mol. The highest BCUT2D eigenvalue weighted by Crippen LogP contribution is 2.59. The van der Waals surface area contributed by atoms with E-state index in [0.717, 1.165) is 28.4 Å². The van der Waals surface area contributed by atoms with Crippen molar-refractivity contribution in [3.63, 3.8) is 0 Å². The first-order chi connectivity index (χ1) is 31.3. The molecule has 2 nitrogen and oxygen atoms in total. The second-order valence-corrected chi connectivity index (χ2v) is 20.2. The third kappa shape index (κ3) is 7.19. The van der Waals surface area contributed by atoms with Crippen molar-refractivity contribution < 1.29 is 0 Å². The van der Waals surface area contributed by atoms with Gasteiger partial charge in [0.15, 0.2) is 0 Å². The Kier molecular flexibility index (Phi) is 10.7. The normalized spacial score (nSPS) is 13.1. The number of nitrogens with zero attached hydrogens (tertiary/aromatic N) is 2. The molecular formula is C63H62N2. The van der Waals surface area contributed by atoms with Gasteiger partial charge >= 0.3 is 0 Å². The summed E-state index contributed by atoms with van der Waals surface area (Å²) in [6, 6.07) is 64.8. The lowest BCUT2D eigenvalue weighted by atomic mass is 9.77. The van der Waals surface area contributed by atoms with Crippen LogP contribution in [0.3, 0.4) is 0 Å². The standard InChI is InChI=1S/C63H62N2/c1-39(2)43-19-27-47(28-20-43)64(48-29-21-44(22-30-48)40(3)4)51-35-36-56-57(37-51)52-15-11-13-17-54(52)60-58-38-59(53-16-12-14-18-55(53)61(58)63(9,10)62(56)60)65(49-31-23-45(24-32-49)41(5)6)50-33-25-46(26-34-50)42(7)8/h11-42H,1-10H3. The highest BCUT2D eigenvalue weighted by atomic mass is 15.1. The first-order valence-electron chi connectivity index (χ1n) is 23.9. The van der Waals surface area contributed by atoms with Crippen LogP contribution in [0, 0.1) is 0 Å². The van der Waals surface area contributed by atoms with Crippen molar-refractivity contribution in [3.05, 3.63) is 203 Å². The fraction of sp³-hybridized carbons (Fsp3) is 0.238. The van der Waals surface area contributed by atoms with Crippen LogP contribution in [-0.2, 0) is 5.41 Å². The summed E-state index contributed by atoms with van der Waals surface area (Å²) in [6.45, 7) is 23.1. The van der Waals surface area contributed by atoms with E-state index >= 15 is 0 Å². The maximum atomic E-state index is 2.52. The van der Waals surface area contributed by atoms with E-state index in [2.05, 4.69) is 249 Å². The van der Waals surface area contributed by atoms with Gasteiger partial charge < -0.3 is 9.80 Å². The van der Waals surface area contributed by atoms with Crippen LogP contribution in [0.1, 0.15) is 126 Å². The van der Waals surface area contributed by atoms with Gasteiger partial charge in [-0.15, -0.1) is 0 Å². The van der Waals surface area contributed by atoms with Gasteiger partial charge in [-0.2, -0.15) is 0 Å². The minimum Gasteiger partial charge on any atom is -0.310 e. The van der Waals surface area contributed by atoms with Gasteiger partial charge in [-0.1, -0.05) is 172 Å². The lowest BCUT2D eigenvalue weighted by Crippen LogP contribution is -2.17. The summed E-state index contributed by atoms with van der Waals surface area (Å²) in [7, 11) is 0. The molecular weight excluding hydrogens is 785 g/mol. The van der Waals surface area contributed by atoms with Crippen molar-refractivity contribution in [1.82, 2.24) is 0 Å². The van der Waals surface area contributed by atoms with E-state index in [1.165, 1.54) is 82.5 Å². The van der Waals surface area contributed by atoms with E-state index in [0.29, 0.717) is 23.7 Å². The van der Waals surface area contributed by atoms with Crippen LogP contribution in [0.2, 0.25) is 0 Å². The van der Waals surface area contributed by atoms with Crippen LogP contribution in [0.15, 0.2) is 170 Å². The van der Waals surface area contributed by atoms with Gasteiger partial charge in [-0.25, -0.2) is 0 Å². The van der Waals surface area contributed by atoms with Crippen molar-refractivity contribution in [2.24, 2.45) is 0 Å². The Morgan fingerprint density at radius 2 is 0.692 bits per heavy atom. The summed E-state index contributed by atoms with van der Waals surface area (Å²) >= 11 is 0. The zero-order valence-corrected chi connectivity index (χ0v) is 39.9. The molecule has 9 aromatic carbocycles. The minimum atomic E-state index is -0.283. The highest BCUT2D eigenvalue weighted by molar-refractivity contribution is 6.21. The Morgan fingerprint density at radius 1 is 0.323 bits per heavy atom. The van der Waals surface area contributed by atoms with E-state index < -0.39 is 0 Å². The number of rotatable bonds is 10. The Morgan fingerprint density at radius 3 is 1.14 bits per heavy atom. The fourth-order valence-corrected chi connectivity index (χ4v) is 10.7. The first kappa shape index (κ1) is 42.3. The SMILES string of the molecule is CC(C)c1ccc(N(c2ccc(C(C)C)cc2)c2ccc3c4c(c5ccccc5c3c2)-c2cc(N(c3ccc(C(C)C)cc3)c3ccc(C(C)C)cc3)c3ccccc3c2C4(C)C)cc1. The molecule has 1 aliphatic carbocycles. The molecule has 0 aromatic heterocycles. The summed E-state index contributed by atoms with van der Waals surface area (Å²) in [5, 5.41) is 7.72. The van der Waals surface area contributed by atoms with Gasteiger partial charge in [0, 0.05) is 39.2 Å². The molecule has 2 heteroatoms. The second kappa shape index (κ2) is 16.4. The number of hydrogen-bond donors (Lipinski definition) is 0. The smallest absolute Gasteiger partial charge is 0.0546 e. The van der Waals surface area contributed by atoms with Crippen LogP contribution >= 0.6 is 0 Å². The van der Waals surface area contributed by atoms with E-state index in [-0.39, 0.29) is 5.41 Å². The minimum absolute atomic E-state index is 0.283. The molecule has 0 atom stereocenters. The quantitative estimate of drug-likeness (QED) is 0.127. The topological polar surface area (TPSA) is 6.48 Å². The second-order valence-electron chi connectivity index (χ2n) is 20.2. The molecule has 0 saturated carbocycles. The van der Waals surface area contributed by atoms with Crippen LogP contribution < -0.4 is 9.80 Å². The Labute approximate surface area is 387 Å². The van der Waals surface area contributed by atoms with Gasteiger partial charge in [0.25, 0.3) is 0 Å². The van der Waals surface area contributed by atoms with E-state index in [1.54, 1.807) is 0 Å². The third-order valence-corrected chi connectivity index (χ3v) is 14.3. The van der Waals surface area contributed by atoms with Gasteiger partial charge in [0.1, 0.15) is 0 Å². The molecule has 0 aliphatic heterocycles. The molecule has 9 aromatic rings.